The fourth-order valence-corrected chi connectivity index (χ4v) is 10.1. The summed E-state index contributed by atoms with van der Waals surface area (Å²) in [6.07, 6.45) is 0.988. The molecule has 0 aliphatic rings. The molecule has 0 saturated heterocycles. The van der Waals surface area contributed by atoms with Gasteiger partial charge in [-0.25, -0.2) is 24.3 Å². The standard InChI is InChI=1S/C24H20P.C17H14P.Fe/c1-4-11-20(12-5-1)19-21-13-10-18-24(21)25(22-14-6-2-7-15-22)23-16-8-3-9-17-23;1-3-9-15(10-4-1)18(17-13-7-8-14-17)16-11-5-2-6-12-16;/h1-18H,19H2;1-14H;/q2*-1;+2. The van der Waals surface area contributed by atoms with Gasteiger partial charge in [0, 0.05) is 0 Å². The van der Waals surface area contributed by atoms with Crippen LogP contribution in [0, 0.1) is 0 Å². The Morgan fingerprint density at radius 2 is 0.750 bits per heavy atom. The molecule has 0 nitrogen and oxygen atoms in total. The third-order valence-corrected chi connectivity index (χ3v) is 12.3. The SMILES string of the molecule is [Fe+2].c1ccc(Cc2ccc[c-]2P(c2ccccc2)c2ccccc2)cc1.c1ccc(P(c2ccccc2)[c-]2cccc2)cc1. The molecule has 44 heavy (non-hydrogen) atoms. The van der Waals surface area contributed by atoms with Gasteiger partial charge in [0.25, 0.3) is 0 Å². The summed E-state index contributed by atoms with van der Waals surface area (Å²) in [5, 5.41) is 8.52. The largest absolute Gasteiger partial charge is 2.00 e. The molecule has 0 fully saturated rings. The van der Waals surface area contributed by atoms with E-state index in [1.165, 1.54) is 43.0 Å². The average molecular weight is 645 g/mol. The zero-order chi connectivity index (χ0) is 29.1. The zero-order valence-electron chi connectivity index (χ0n) is 24.4. The second-order valence-electron chi connectivity index (χ2n) is 10.3. The van der Waals surface area contributed by atoms with E-state index in [0.717, 1.165) is 6.42 Å². The molecule has 0 N–H and O–H groups in total. The van der Waals surface area contributed by atoms with Crippen LogP contribution in [0.5, 0.6) is 0 Å². The summed E-state index contributed by atoms with van der Waals surface area (Å²) in [5.74, 6) is 0. The van der Waals surface area contributed by atoms with Crippen molar-refractivity contribution in [2.75, 3.05) is 0 Å². The first kappa shape index (κ1) is 31.6. The summed E-state index contributed by atoms with van der Waals surface area (Å²) in [5.41, 5.74) is 2.80. The molecule has 7 aromatic rings. The molecule has 0 aliphatic heterocycles. The number of benzene rings is 5. The van der Waals surface area contributed by atoms with Crippen LogP contribution < -0.4 is 31.8 Å². The quantitative estimate of drug-likeness (QED) is 0.0897. The average Bonchev–Trinajstić information content (AvgIpc) is 3.78. The molecule has 7 aromatic carbocycles. The van der Waals surface area contributed by atoms with Crippen LogP contribution in [0.15, 0.2) is 194 Å². The molecule has 0 atom stereocenters. The van der Waals surface area contributed by atoms with E-state index in [9.17, 15) is 0 Å². The minimum absolute atomic E-state index is 0. The van der Waals surface area contributed by atoms with Crippen LogP contribution in [0.4, 0.5) is 0 Å². The molecule has 0 heterocycles. The fourth-order valence-electron chi connectivity index (χ4n) is 5.33. The monoisotopic (exact) mass is 644 g/mol. The van der Waals surface area contributed by atoms with E-state index in [1.807, 2.05) is 0 Å². The van der Waals surface area contributed by atoms with Gasteiger partial charge in [0.1, 0.15) is 0 Å². The molecule has 0 aromatic heterocycles. The molecule has 216 valence electrons. The van der Waals surface area contributed by atoms with E-state index in [-0.39, 0.29) is 17.1 Å². The molecule has 0 spiro atoms. The molecule has 0 bridgehead atoms. The Bertz CT molecular complexity index is 1680. The van der Waals surface area contributed by atoms with Gasteiger partial charge in [-0.3, -0.25) is 0 Å². The van der Waals surface area contributed by atoms with E-state index in [0.29, 0.717) is 0 Å². The van der Waals surface area contributed by atoms with Crippen LogP contribution in [0.1, 0.15) is 11.1 Å². The molecule has 0 unspecified atom stereocenters. The number of rotatable bonds is 8. The van der Waals surface area contributed by atoms with Gasteiger partial charge in [-0.15, -0.1) is 10.6 Å². The Morgan fingerprint density at radius 3 is 1.18 bits per heavy atom. The van der Waals surface area contributed by atoms with Crippen LogP contribution in [-0.4, -0.2) is 0 Å². The van der Waals surface area contributed by atoms with Crippen molar-refractivity contribution in [1.82, 2.24) is 0 Å². The van der Waals surface area contributed by atoms with Crippen molar-refractivity contribution < 1.29 is 17.1 Å². The van der Waals surface area contributed by atoms with Gasteiger partial charge in [0.15, 0.2) is 0 Å². The normalized spacial score (nSPS) is 10.6. The summed E-state index contributed by atoms with van der Waals surface area (Å²) < 4.78 is 0. The van der Waals surface area contributed by atoms with Gasteiger partial charge in [0.05, 0.1) is 0 Å². The van der Waals surface area contributed by atoms with Crippen molar-refractivity contribution in [2.24, 2.45) is 0 Å². The Morgan fingerprint density at radius 1 is 0.364 bits per heavy atom. The van der Waals surface area contributed by atoms with Gasteiger partial charge in [-0.1, -0.05) is 168 Å². The number of hydrogen-bond acceptors (Lipinski definition) is 0. The van der Waals surface area contributed by atoms with Crippen molar-refractivity contribution in [1.29, 1.82) is 0 Å². The van der Waals surface area contributed by atoms with E-state index >= 15 is 0 Å². The predicted octanol–water partition coefficient (Wildman–Crippen LogP) is 7.92. The summed E-state index contributed by atoms with van der Waals surface area (Å²) in [7, 11) is -0.935. The summed E-state index contributed by atoms with van der Waals surface area (Å²) in [6.45, 7) is 0. The van der Waals surface area contributed by atoms with Crippen LogP contribution >= 0.6 is 15.8 Å². The molecule has 0 radical (unpaired) electrons. The van der Waals surface area contributed by atoms with E-state index < -0.39 is 15.8 Å². The van der Waals surface area contributed by atoms with E-state index in [1.54, 1.807) is 0 Å². The molecule has 7 rings (SSSR count). The van der Waals surface area contributed by atoms with Gasteiger partial charge in [-0.05, 0) is 33.2 Å². The maximum Gasteiger partial charge on any atom is 2.00 e. The Balaban J connectivity index is 0.000000179. The second-order valence-corrected chi connectivity index (χ2v) is 14.7. The van der Waals surface area contributed by atoms with Gasteiger partial charge >= 0.3 is 17.1 Å². The molecule has 0 aliphatic carbocycles. The second kappa shape index (κ2) is 16.3. The third kappa shape index (κ3) is 8.01. The molecule has 0 amide bonds. The smallest absolute Gasteiger partial charge is 0.213 e. The Hall–Kier alpha value is -3.82. The van der Waals surface area contributed by atoms with Gasteiger partial charge in [0.2, 0.25) is 0 Å². The molecule has 3 heteroatoms. The first-order chi connectivity index (χ1) is 21.4. The predicted molar refractivity (Wildman–Crippen MR) is 191 cm³/mol. The van der Waals surface area contributed by atoms with Crippen molar-refractivity contribution in [3.05, 3.63) is 205 Å². The fraction of sp³-hybridized carbons (Fsp3) is 0.0244. The zero-order valence-corrected chi connectivity index (χ0v) is 27.3. The van der Waals surface area contributed by atoms with Crippen LogP contribution in [0.3, 0.4) is 0 Å². The van der Waals surface area contributed by atoms with Crippen LogP contribution in [-0.2, 0) is 23.5 Å². The van der Waals surface area contributed by atoms with E-state index in [4.69, 9.17) is 0 Å². The number of hydrogen-bond donors (Lipinski definition) is 0. The molecular weight excluding hydrogens is 610 g/mol. The van der Waals surface area contributed by atoms with Crippen LogP contribution in [0.25, 0.3) is 0 Å². The Kier molecular flexibility index (Phi) is 11.7. The maximum atomic E-state index is 2.31. The van der Waals surface area contributed by atoms with Gasteiger partial charge < -0.3 is 0 Å². The molecule has 0 saturated carbocycles. The third-order valence-electron chi connectivity index (χ3n) is 7.32. The van der Waals surface area contributed by atoms with Gasteiger partial charge in [-0.2, -0.15) is 23.8 Å². The summed E-state index contributed by atoms with van der Waals surface area (Å²) in [6, 6.07) is 69.6. The maximum absolute atomic E-state index is 2.31. The Labute approximate surface area is 275 Å². The van der Waals surface area contributed by atoms with Crippen molar-refractivity contribution >= 4 is 47.7 Å². The van der Waals surface area contributed by atoms with Crippen LogP contribution in [0.2, 0.25) is 0 Å². The summed E-state index contributed by atoms with van der Waals surface area (Å²) >= 11 is 0. The van der Waals surface area contributed by atoms with Crippen molar-refractivity contribution in [3.63, 3.8) is 0 Å². The van der Waals surface area contributed by atoms with E-state index in [2.05, 4.69) is 194 Å². The van der Waals surface area contributed by atoms with Crippen molar-refractivity contribution in [3.8, 4) is 0 Å². The first-order valence-corrected chi connectivity index (χ1v) is 17.4. The topological polar surface area (TPSA) is 0 Å². The minimum atomic E-state index is -0.526. The summed E-state index contributed by atoms with van der Waals surface area (Å²) in [4.78, 5) is 0. The minimum Gasteiger partial charge on any atom is -0.213 e. The first-order valence-electron chi connectivity index (χ1n) is 14.7. The molecular formula is C41H34FeP2. The van der Waals surface area contributed by atoms with Crippen molar-refractivity contribution in [2.45, 2.75) is 6.42 Å².